The van der Waals surface area contributed by atoms with Crippen molar-refractivity contribution in [1.82, 2.24) is 29.5 Å². The number of ether oxygens (including phenoxy) is 1. The Bertz CT molecular complexity index is 1290. The zero-order valence-corrected chi connectivity index (χ0v) is 20.8. The van der Waals surface area contributed by atoms with Crippen LogP contribution in [-0.2, 0) is 13.2 Å². The third-order valence-corrected chi connectivity index (χ3v) is 7.11. The van der Waals surface area contributed by atoms with Crippen molar-refractivity contribution in [3.05, 3.63) is 41.9 Å². The SMILES string of the molecule is Cn1cnc2c(C#N)nc(-c3ccc(OCCCN4CCN(N5CCCC5)CC4)c(C(F)(F)F)c3)cc21. The Kier molecular flexibility index (Phi) is 7.33. The van der Waals surface area contributed by atoms with E-state index in [9.17, 15) is 18.4 Å². The first-order valence-corrected chi connectivity index (χ1v) is 12.6. The van der Waals surface area contributed by atoms with Crippen molar-refractivity contribution in [3.63, 3.8) is 0 Å². The maximum absolute atomic E-state index is 13.9. The molecule has 0 radical (unpaired) electrons. The highest BCUT2D eigenvalue weighted by molar-refractivity contribution is 5.84. The first kappa shape index (κ1) is 25.4. The van der Waals surface area contributed by atoms with Crippen LogP contribution in [0.1, 0.15) is 30.5 Å². The third-order valence-electron chi connectivity index (χ3n) is 7.11. The number of rotatable bonds is 7. The van der Waals surface area contributed by atoms with E-state index in [1.807, 2.05) is 6.07 Å². The number of pyridine rings is 1. The van der Waals surface area contributed by atoms with Crippen LogP contribution < -0.4 is 4.74 Å². The summed E-state index contributed by atoms with van der Waals surface area (Å²) in [6.45, 7) is 7.17. The number of nitrogens with zero attached hydrogens (tertiary/aromatic N) is 7. The molecule has 8 nitrogen and oxygen atoms in total. The van der Waals surface area contributed by atoms with Gasteiger partial charge in [-0.25, -0.2) is 20.0 Å². The van der Waals surface area contributed by atoms with E-state index in [-0.39, 0.29) is 29.3 Å². The molecule has 0 aliphatic carbocycles. The number of nitriles is 1. The van der Waals surface area contributed by atoms with E-state index in [0.717, 1.165) is 51.9 Å². The molecule has 0 bridgehead atoms. The summed E-state index contributed by atoms with van der Waals surface area (Å²) in [5.41, 5.74) is 0.796. The molecule has 196 valence electrons. The maximum atomic E-state index is 13.9. The molecule has 1 aromatic carbocycles. The zero-order chi connectivity index (χ0) is 26.0. The second-order valence-corrected chi connectivity index (χ2v) is 9.56. The molecule has 0 amide bonds. The Morgan fingerprint density at radius 3 is 2.46 bits per heavy atom. The highest BCUT2D eigenvalue weighted by Gasteiger charge is 2.35. The molecule has 5 rings (SSSR count). The van der Waals surface area contributed by atoms with Gasteiger partial charge in [0.25, 0.3) is 0 Å². The van der Waals surface area contributed by atoms with Gasteiger partial charge >= 0.3 is 6.18 Å². The van der Waals surface area contributed by atoms with Crippen LogP contribution >= 0.6 is 0 Å². The second kappa shape index (κ2) is 10.7. The van der Waals surface area contributed by atoms with Crippen molar-refractivity contribution in [2.24, 2.45) is 7.05 Å². The molecule has 11 heteroatoms. The van der Waals surface area contributed by atoms with Crippen LogP contribution in [0.15, 0.2) is 30.6 Å². The lowest BCUT2D eigenvalue weighted by atomic mass is 10.1. The van der Waals surface area contributed by atoms with Crippen LogP contribution in [-0.4, -0.2) is 81.9 Å². The van der Waals surface area contributed by atoms with Crippen molar-refractivity contribution in [2.45, 2.75) is 25.4 Å². The molecular formula is C26H30F3N7O. The molecule has 2 saturated heterocycles. The largest absolute Gasteiger partial charge is 0.493 e. The second-order valence-electron chi connectivity index (χ2n) is 9.56. The van der Waals surface area contributed by atoms with Crippen LogP contribution in [0.25, 0.3) is 22.3 Å². The van der Waals surface area contributed by atoms with Gasteiger partial charge in [0.1, 0.15) is 17.3 Å². The Balaban J connectivity index is 1.23. The van der Waals surface area contributed by atoms with Gasteiger partial charge in [-0.05, 0) is 43.5 Å². The van der Waals surface area contributed by atoms with E-state index >= 15 is 0 Å². The number of imidazole rings is 1. The smallest absolute Gasteiger partial charge is 0.419 e. The van der Waals surface area contributed by atoms with Crippen LogP contribution in [0, 0.1) is 11.3 Å². The molecule has 2 aliphatic rings. The number of fused-ring (bicyclic) bond motifs is 1. The molecule has 0 atom stereocenters. The number of aromatic nitrogens is 3. The van der Waals surface area contributed by atoms with Crippen LogP contribution in [0.4, 0.5) is 13.2 Å². The van der Waals surface area contributed by atoms with Gasteiger partial charge in [0, 0.05) is 58.4 Å². The Labute approximate surface area is 213 Å². The van der Waals surface area contributed by atoms with Crippen molar-refractivity contribution in [1.29, 1.82) is 5.26 Å². The number of piperazine rings is 1. The molecule has 37 heavy (non-hydrogen) atoms. The Hall–Kier alpha value is -3.20. The summed E-state index contributed by atoms with van der Waals surface area (Å²) in [5.74, 6) is -0.197. The van der Waals surface area contributed by atoms with Gasteiger partial charge in [-0.1, -0.05) is 0 Å². The van der Waals surface area contributed by atoms with Gasteiger partial charge < -0.3 is 14.2 Å². The number of alkyl halides is 3. The fourth-order valence-corrected chi connectivity index (χ4v) is 5.09. The van der Waals surface area contributed by atoms with Crippen LogP contribution in [0.5, 0.6) is 5.75 Å². The fourth-order valence-electron chi connectivity index (χ4n) is 5.09. The number of benzene rings is 1. The van der Waals surface area contributed by atoms with Crippen molar-refractivity contribution in [3.8, 4) is 23.1 Å². The van der Waals surface area contributed by atoms with Gasteiger partial charge in [0.2, 0.25) is 0 Å². The predicted octanol–water partition coefficient (Wildman–Crippen LogP) is 3.92. The van der Waals surface area contributed by atoms with Crippen molar-refractivity contribution < 1.29 is 17.9 Å². The lowest BCUT2D eigenvalue weighted by Crippen LogP contribution is -2.53. The topological polar surface area (TPSA) is 73.4 Å². The number of halogens is 3. The molecule has 4 heterocycles. The maximum Gasteiger partial charge on any atom is 0.419 e. The number of hydrazine groups is 1. The van der Waals surface area contributed by atoms with Gasteiger partial charge in [0.15, 0.2) is 5.69 Å². The quantitative estimate of drug-likeness (QED) is 0.444. The lowest BCUT2D eigenvalue weighted by Gasteiger charge is -2.39. The average Bonchev–Trinajstić information content (AvgIpc) is 3.56. The monoisotopic (exact) mass is 513 g/mol. The molecule has 2 aliphatic heterocycles. The molecule has 0 N–H and O–H groups in total. The first-order chi connectivity index (χ1) is 17.8. The molecule has 0 unspecified atom stereocenters. The first-order valence-electron chi connectivity index (χ1n) is 12.6. The molecule has 2 fully saturated rings. The van der Waals surface area contributed by atoms with Crippen molar-refractivity contribution in [2.75, 3.05) is 52.4 Å². The third kappa shape index (κ3) is 5.56. The molecular weight excluding hydrogens is 483 g/mol. The van der Waals surface area contributed by atoms with Gasteiger partial charge in [0.05, 0.1) is 29.7 Å². The summed E-state index contributed by atoms with van der Waals surface area (Å²) in [6.07, 6.45) is 0.117. The van der Waals surface area contributed by atoms with E-state index in [1.54, 1.807) is 30.1 Å². The summed E-state index contributed by atoms with van der Waals surface area (Å²) in [4.78, 5) is 10.8. The minimum Gasteiger partial charge on any atom is -0.493 e. The fraction of sp³-hybridized carbons (Fsp3) is 0.500. The van der Waals surface area contributed by atoms with E-state index < -0.39 is 11.7 Å². The summed E-state index contributed by atoms with van der Waals surface area (Å²) < 4.78 is 49.1. The summed E-state index contributed by atoms with van der Waals surface area (Å²) >= 11 is 0. The van der Waals surface area contributed by atoms with Crippen LogP contribution in [0.3, 0.4) is 0 Å². The normalized spacial score (nSPS) is 17.9. The summed E-state index contributed by atoms with van der Waals surface area (Å²) in [6, 6.07) is 7.56. The molecule has 0 saturated carbocycles. The van der Waals surface area contributed by atoms with Gasteiger partial charge in [-0.3, -0.25) is 0 Å². The Morgan fingerprint density at radius 1 is 1.03 bits per heavy atom. The highest BCUT2D eigenvalue weighted by atomic mass is 19.4. The Morgan fingerprint density at radius 2 is 1.76 bits per heavy atom. The van der Waals surface area contributed by atoms with Gasteiger partial charge in [-0.15, -0.1) is 0 Å². The number of aryl methyl sites for hydroxylation is 1. The minimum atomic E-state index is -4.59. The minimum absolute atomic E-state index is 0.0725. The molecule has 0 spiro atoms. The van der Waals surface area contributed by atoms with E-state index in [1.165, 1.54) is 18.9 Å². The van der Waals surface area contributed by atoms with E-state index in [4.69, 9.17) is 4.74 Å². The molecule has 3 aromatic rings. The predicted molar refractivity (Wildman–Crippen MR) is 133 cm³/mol. The van der Waals surface area contributed by atoms with E-state index in [2.05, 4.69) is 24.9 Å². The molecule has 2 aromatic heterocycles. The average molecular weight is 514 g/mol. The van der Waals surface area contributed by atoms with E-state index in [0.29, 0.717) is 17.5 Å². The zero-order valence-electron chi connectivity index (χ0n) is 20.8. The van der Waals surface area contributed by atoms with Crippen LogP contribution in [0.2, 0.25) is 0 Å². The number of hydrogen-bond donors (Lipinski definition) is 0. The number of hydrogen-bond acceptors (Lipinski definition) is 7. The highest BCUT2D eigenvalue weighted by Crippen LogP contribution is 2.39. The van der Waals surface area contributed by atoms with Crippen molar-refractivity contribution >= 4 is 11.0 Å². The summed E-state index contributed by atoms with van der Waals surface area (Å²) in [5, 5.41) is 14.3. The lowest BCUT2D eigenvalue weighted by molar-refractivity contribution is -0.138. The standard InChI is InChI=1S/C26H30F3N7O/c1-33-18-31-25-22(17-30)32-21(16-23(25)33)19-5-6-24(20(15-19)26(27,28)29)37-14-4-7-34-10-12-36(13-11-34)35-8-2-3-9-35/h5-6,15-16,18H,2-4,7-14H2,1H3. The summed E-state index contributed by atoms with van der Waals surface area (Å²) in [7, 11) is 1.76. The van der Waals surface area contributed by atoms with Gasteiger partial charge in [-0.2, -0.15) is 18.4 Å².